The maximum absolute atomic E-state index is 13.0. The Morgan fingerprint density at radius 2 is 1.94 bits per heavy atom. The Balaban J connectivity index is 2.19. The van der Waals surface area contributed by atoms with Crippen molar-refractivity contribution in [1.82, 2.24) is 0 Å². The molecule has 0 radical (unpaired) electrons. The average molecular weight is 236 g/mol. The van der Waals surface area contributed by atoms with Crippen LogP contribution >= 0.6 is 0 Å². The minimum absolute atomic E-state index is 0.165. The van der Waals surface area contributed by atoms with Gasteiger partial charge in [0, 0.05) is 13.3 Å². The smallest absolute Gasteiger partial charge is 0.194 e. The van der Waals surface area contributed by atoms with E-state index < -0.39 is 11.6 Å². The summed E-state index contributed by atoms with van der Waals surface area (Å²) < 4.78 is 30.9. The van der Waals surface area contributed by atoms with E-state index in [9.17, 15) is 13.6 Å². The van der Waals surface area contributed by atoms with Gasteiger partial charge in [0.05, 0.1) is 0 Å². The Labute approximate surface area is 96.9 Å². The third kappa shape index (κ3) is 2.58. The lowest BCUT2D eigenvalue weighted by atomic mass is 10.1. The van der Waals surface area contributed by atoms with Crippen molar-refractivity contribution >= 4 is 5.78 Å². The van der Waals surface area contributed by atoms with E-state index in [1.54, 1.807) is 12.1 Å². The first-order chi connectivity index (χ1) is 8.06. The van der Waals surface area contributed by atoms with E-state index in [2.05, 4.69) is 0 Å². The molecule has 0 atom stereocenters. The lowest BCUT2D eigenvalue weighted by Gasteiger charge is -1.99. The molecule has 0 unspecified atom stereocenters. The fourth-order valence-corrected chi connectivity index (χ4v) is 1.51. The van der Waals surface area contributed by atoms with Crippen LogP contribution in [0.3, 0.4) is 0 Å². The molecule has 17 heavy (non-hydrogen) atoms. The Morgan fingerprint density at radius 1 is 1.18 bits per heavy atom. The molecule has 0 fully saturated rings. The molecule has 2 nitrogen and oxygen atoms in total. The van der Waals surface area contributed by atoms with Crippen molar-refractivity contribution in [1.29, 1.82) is 0 Å². The summed E-state index contributed by atoms with van der Waals surface area (Å²) >= 11 is 0. The van der Waals surface area contributed by atoms with Crippen molar-refractivity contribution < 1.29 is 18.0 Å². The van der Waals surface area contributed by atoms with E-state index in [0.717, 1.165) is 12.1 Å². The molecule has 0 saturated heterocycles. The lowest BCUT2D eigenvalue weighted by molar-refractivity contribution is 0.0985. The number of rotatable bonds is 3. The number of carbonyl (C=O) groups is 1. The molecule has 2 rings (SSSR count). The number of halogens is 2. The molecule has 0 aliphatic heterocycles. The van der Waals surface area contributed by atoms with Crippen LogP contribution < -0.4 is 0 Å². The lowest BCUT2D eigenvalue weighted by Crippen LogP contribution is -1.91. The van der Waals surface area contributed by atoms with E-state index in [1.165, 1.54) is 13.0 Å². The zero-order valence-electron chi connectivity index (χ0n) is 9.17. The molecule has 2 aromatic rings. The van der Waals surface area contributed by atoms with Crippen molar-refractivity contribution in [2.75, 3.05) is 0 Å². The summed E-state index contributed by atoms with van der Waals surface area (Å²) in [7, 11) is 0. The van der Waals surface area contributed by atoms with Gasteiger partial charge in [-0.1, -0.05) is 6.07 Å². The van der Waals surface area contributed by atoms with Gasteiger partial charge in [-0.25, -0.2) is 8.78 Å². The molecule has 0 aliphatic carbocycles. The van der Waals surface area contributed by atoms with Crippen molar-refractivity contribution in [3.63, 3.8) is 0 Å². The number of hydrogen-bond donors (Lipinski definition) is 0. The van der Waals surface area contributed by atoms with Crippen LogP contribution in [-0.4, -0.2) is 5.78 Å². The average Bonchev–Trinajstić information content (AvgIpc) is 2.72. The summed E-state index contributed by atoms with van der Waals surface area (Å²) in [6.07, 6.45) is 0.324. The minimum atomic E-state index is -0.888. The second-order valence-electron chi connectivity index (χ2n) is 3.75. The van der Waals surface area contributed by atoms with Crippen LogP contribution in [0.4, 0.5) is 8.78 Å². The predicted octanol–water partition coefficient (Wildman–Crippen LogP) is 3.35. The van der Waals surface area contributed by atoms with Gasteiger partial charge in [-0.3, -0.25) is 4.79 Å². The van der Waals surface area contributed by atoms with Gasteiger partial charge in [-0.15, -0.1) is 0 Å². The second-order valence-corrected chi connectivity index (χ2v) is 3.75. The van der Waals surface area contributed by atoms with Gasteiger partial charge >= 0.3 is 0 Å². The Kier molecular flexibility index (Phi) is 3.04. The van der Waals surface area contributed by atoms with Crippen molar-refractivity contribution in [2.45, 2.75) is 13.3 Å². The number of carbonyl (C=O) groups excluding carboxylic acids is 1. The van der Waals surface area contributed by atoms with Crippen LogP contribution in [0.25, 0.3) is 0 Å². The predicted molar refractivity (Wildman–Crippen MR) is 57.9 cm³/mol. The quantitative estimate of drug-likeness (QED) is 0.765. The maximum Gasteiger partial charge on any atom is 0.194 e. The van der Waals surface area contributed by atoms with E-state index >= 15 is 0 Å². The highest BCUT2D eigenvalue weighted by atomic mass is 19.2. The zero-order chi connectivity index (χ0) is 12.4. The first-order valence-corrected chi connectivity index (χ1v) is 5.10. The Hall–Kier alpha value is -1.97. The third-order valence-corrected chi connectivity index (χ3v) is 2.37. The highest BCUT2D eigenvalue weighted by molar-refractivity contribution is 5.91. The number of furan rings is 1. The minimum Gasteiger partial charge on any atom is -0.458 e. The van der Waals surface area contributed by atoms with Crippen LogP contribution in [0.2, 0.25) is 0 Å². The summed E-state index contributed by atoms with van der Waals surface area (Å²) in [5, 5.41) is 0. The largest absolute Gasteiger partial charge is 0.458 e. The van der Waals surface area contributed by atoms with E-state index in [1.807, 2.05) is 0 Å². The van der Waals surface area contributed by atoms with Gasteiger partial charge in [0.2, 0.25) is 0 Å². The first kappa shape index (κ1) is 11.5. The number of benzene rings is 1. The zero-order valence-corrected chi connectivity index (χ0v) is 9.17. The van der Waals surface area contributed by atoms with Crippen molar-refractivity contribution in [3.05, 3.63) is 59.1 Å². The maximum atomic E-state index is 13.0. The number of ketones is 1. The monoisotopic (exact) mass is 236 g/mol. The SMILES string of the molecule is CC(=O)c1ccc(Cc2ccc(F)c(F)c2)o1. The van der Waals surface area contributed by atoms with E-state index in [4.69, 9.17) is 4.42 Å². The van der Waals surface area contributed by atoms with Crippen LogP contribution in [-0.2, 0) is 6.42 Å². The van der Waals surface area contributed by atoms with E-state index in [-0.39, 0.29) is 11.5 Å². The molecule has 1 aromatic heterocycles. The van der Waals surface area contributed by atoms with Gasteiger partial charge < -0.3 is 4.42 Å². The molecule has 0 aliphatic rings. The molecule has 1 heterocycles. The van der Waals surface area contributed by atoms with Crippen LogP contribution in [0.5, 0.6) is 0 Å². The van der Waals surface area contributed by atoms with Gasteiger partial charge in [0.1, 0.15) is 5.76 Å². The molecule has 1 aromatic carbocycles. The van der Waals surface area contributed by atoms with Crippen molar-refractivity contribution in [2.24, 2.45) is 0 Å². The summed E-state index contributed by atoms with van der Waals surface area (Å²) in [5.41, 5.74) is 0.591. The normalized spacial score (nSPS) is 10.5. The molecule has 0 amide bonds. The number of Topliss-reactive ketones (excluding diaryl/α,β-unsaturated/α-hetero) is 1. The summed E-state index contributed by atoms with van der Waals surface area (Å²) in [4.78, 5) is 11.0. The van der Waals surface area contributed by atoms with Gasteiger partial charge in [0.25, 0.3) is 0 Å². The molecular formula is C13H10F2O2. The standard InChI is InChI=1S/C13H10F2O2/c1-8(16)13-5-3-10(17-13)6-9-2-4-11(14)12(15)7-9/h2-5,7H,6H2,1H3. The van der Waals surface area contributed by atoms with Crippen molar-refractivity contribution in [3.8, 4) is 0 Å². The fraction of sp³-hybridized carbons (Fsp3) is 0.154. The number of hydrogen-bond acceptors (Lipinski definition) is 2. The molecule has 0 saturated carbocycles. The second kappa shape index (κ2) is 4.49. The summed E-state index contributed by atoms with van der Waals surface area (Å²) in [6.45, 7) is 1.40. The Morgan fingerprint density at radius 3 is 2.53 bits per heavy atom. The molecule has 0 spiro atoms. The molecular weight excluding hydrogens is 226 g/mol. The van der Waals surface area contributed by atoms with Crippen LogP contribution in [0, 0.1) is 11.6 Å². The highest BCUT2D eigenvalue weighted by Gasteiger charge is 2.08. The third-order valence-electron chi connectivity index (χ3n) is 2.37. The van der Waals surface area contributed by atoms with Crippen LogP contribution in [0.1, 0.15) is 28.8 Å². The summed E-state index contributed by atoms with van der Waals surface area (Å²) in [5.74, 6) is -1.12. The first-order valence-electron chi connectivity index (χ1n) is 5.10. The Bertz CT molecular complexity index is 558. The topological polar surface area (TPSA) is 30.2 Å². The highest BCUT2D eigenvalue weighted by Crippen LogP contribution is 2.16. The van der Waals surface area contributed by atoms with E-state index in [0.29, 0.717) is 17.7 Å². The van der Waals surface area contributed by atoms with Crippen LogP contribution in [0.15, 0.2) is 34.7 Å². The molecule has 4 heteroatoms. The molecule has 0 N–H and O–H groups in total. The summed E-state index contributed by atoms with van der Waals surface area (Å²) in [6, 6.07) is 6.88. The molecule has 88 valence electrons. The molecule has 0 bridgehead atoms. The van der Waals surface area contributed by atoms with Gasteiger partial charge in [-0.05, 0) is 29.8 Å². The fourth-order valence-electron chi connectivity index (χ4n) is 1.51. The van der Waals surface area contributed by atoms with Gasteiger partial charge in [0.15, 0.2) is 23.2 Å². The van der Waals surface area contributed by atoms with Gasteiger partial charge in [-0.2, -0.15) is 0 Å².